The van der Waals surface area contributed by atoms with Crippen molar-refractivity contribution in [1.29, 1.82) is 0 Å². The molecule has 108 valence electrons. The zero-order valence-corrected chi connectivity index (χ0v) is 12.9. The number of nitrogens with zero attached hydrogens (tertiary/aromatic N) is 5. The van der Waals surface area contributed by atoms with Gasteiger partial charge in [0.05, 0.1) is 5.69 Å². The largest absolute Gasteiger partial charge is 0.336 e. The second-order valence-electron chi connectivity index (χ2n) is 5.23. The van der Waals surface area contributed by atoms with Gasteiger partial charge < -0.3 is 4.90 Å². The Morgan fingerprint density at radius 1 is 1.20 bits per heavy atom. The van der Waals surface area contributed by atoms with Crippen LogP contribution in [0.5, 0.6) is 0 Å². The molecular formula is C14H21N5O. The normalized spacial score (nSPS) is 10.9. The molecule has 0 saturated carbocycles. The third-order valence-electron chi connectivity index (χ3n) is 3.73. The van der Waals surface area contributed by atoms with Crippen LogP contribution in [-0.2, 0) is 20.6 Å². The molecule has 0 bridgehead atoms. The summed E-state index contributed by atoms with van der Waals surface area (Å²) in [6.07, 6.45) is 0. The van der Waals surface area contributed by atoms with Crippen molar-refractivity contribution in [2.45, 2.75) is 27.3 Å². The zero-order chi connectivity index (χ0) is 15.0. The second-order valence-corrected chi connectivity index (χ2v) is 5.23. The van der Waals surface area contributed by atoms with Crippen LogP contribution in [0.1, 0.15) is 33.1 Å². The van der Waals surface area contributed by atoms with Gasteiger partial charge in [-0.15, -0.1) is 0 Å². The molecule has 0 saturated heterocycles. The van der Waals surface area contributed by atoms with E-state index in [1.807, 2.05) is 45.6 Å². The molecule has 0 aliphatic carbocycles. The summed E-state index contributed by atoms with van der Waals surface area (Å²) in [6.45, 7) is 6.45. The zero-order valence-electron chi connectivity index (χ0n) is 12.9. The van der Waals surface area contributed by atoms with Crippen LogP contribution in [0.3, 0.4) is 0 Å². The smallest absolute Gasteiger partial charge is 0.274 e. The van der Waals surface area contributed by atoms with E-state index in [0.29, 0.717) is 12.2 Å². The summed E-state index contributed by atoms with van der Waals surface area (Å²) >= 11 is 0. The van der Waals surface area contributed by atoms with Gasteiger partial charge in [0.1, 0.15) is 0 Å². The first kappa shape index (κ1) is 14.3. The minimum atomic E-state index is -0.0728. The van der Waals surface area contributed by atoms with Gasteiger partial charge >= 0.3 is 0 Å². The summed E-state index contributed by atoms with van der Waals surface area (Å²) in [7, 11) is 5.54. The predicted molar refractivity (Wildman–Crippen MR) is 76.4 cm³/mol. The molecule has 0 fully saturated rings. The van der Waals surface area contributed by atoms with E-state index in [1.54, 1.807) is 16.6 Å². The molecule has 6 nitrogen and oxygen atoms in total. The van der Waals surface area contributed by atoms with Gasteiger partial charge in [0.2, 0.25) is 0 Å². The van der Waals surface area contributed by atoms with Gasteiger partial charge in [-0.05, 0) is 26.8 Å². The average molecular weight is 275 g/mol. The monoisotopic (exact) mass is 275 g/mol. The van der Waals surface area contributed by atoms with Crippen LogP contribution in [0.4, 0.5) is 0 Å². The summed E-state index contributed by atoms with van der Waals surface area (Å²) in [5, 5.41) is 8.60. The fourth-order valence-corrected chi connectivity index (χ4v) is 2.22. The molecule has 6 heteroatoms. The Kier molecular flexibility index (Phi) is 3.65. The lowest BCUT2D eigenvalue weighted by atomic mass is 10.2. The van der Waals surface area contributed by atoms with E-state index in [0.717, 1.165) is 22.6 Å². The quantitative estimate of drug-likeness (QED) is 0.849. The van der Waals surface area contributed by atoms with Crippen molar-refractivity contribution in [2.75, 3.05) is 7.05 Å². The number of aryl methyl sites for hydroxylation is 4. The SMILES string of the molecule is Cc1nn(C)c(C)c1CN(C)C(=O)c1cc(C)n(C)n1. The maximum Gasteiger partial charge on any atom is 0.274 e. The topological polar surface area (TPSA) is 56.0 Å². The van der Waals surface area contributed by atoms with Crippen molar-refractivity contribution in [1.82, 2.24) is 24.5 Å². The molecule has 1 amide bonds. The van der Waals surface area contributed by atoms with Crippen LogP contribution in [0, 0.1) is 20.8 Å². The maximum absolute atomic E-state index is 12.4. The Labute approximate surface area is 119 Å². The van der Waals surface area contributed by atoms with E-state index in [-0.39, 0.29) is 5.91 Å². The number of hydrogen-bond donors (Lipinski definition) is 0. The van der Waals surface area contributed by atoms with Crippen molar-refractivity contribution >= 4 is 5.91 Å². The van der Waals surface area contributed by atoms with Crippen LogP contribution in [-0.4, -0.2) is 37.4 Å². The van der Waals surface area contributed by atoms with Gasteiger partial charge in [-0.25, -0.2) is 0 Å². The van der Waals surface area contributed by atoms with Gasteiger partial charge in [-0.3, -0.25) is 14.2 Å². The van der Waals surface area contributed by atoms with Crippen molar-refractivity contribution in [3.05, 3.63) is 34.4 Å². The van der Waals surface area contributed by atoms with E-state index in [9.17, 15) is 4.79 Å². The summed E-state index contributed by atoms with van der Waals surface area (Å²) < 4.78 is 3.55. The molecule has 0 aromatic carbocycles. The number of rotatable bonds is 3. The van der Waals surface area contributed by atoms with E-state index in [4.69, 9.17) is 0 Å². The highest BCUT2D eigenvalue weighted by Gasteiger charge is 2.19. The first-order valence-electron chi connectivity index (χ1n) is 6.56. The van der Waals surface area contributed by atoms with Crippen LogP contribution in [0.25, 0.3) is 0 Å². The van der Waals surface area contributed by atoms with E-state index in [1.165, 1.54) is 0 Å². The third-order valence-corrected chi connectivity index (χ3v) is 3.73. The first-order valence-corrected chi connectivity index (χ1v) is 6.56. The molecule has 0 atom stereocenters. The predicted octanol–water partition coefficient (Wildman–Crippen LogP) is 1.35. The lowest BCUT2D eigenvalue weighted by Gasteiger charge is -2.16. The highest BCUT2D eigenvalue weighted by Crippen LogP contribution is 2.15. The Bertz CT molecular complexity index is 633. The fourth-order valence-electron chi connectivity index (χ4n) is 2.22. The van der Waals surface area contributed by atoms with Gasteiger partial charge in [0.25, 0.3) is 5.91 Å². The minimum Gasteiger partial charge on any atom is -0.336 e. The second kappa shape index (κ2) is 5.11. The lowest BCUT2D eigenvalue weighted by molar-refractivity contribution is 0.0778. The van der Waals surface area contributed by atoms with E-state index < -0.39 is 0 Å². The van der Waals surface area contributed by atoms with E-state index in [2.05, 4.69) is 10.2 Å². The highest BCUT2D eigenvalue weighted by atomic mass is 16.2. The number of aromatic nitrogens is 4. The van der Waals surface area contributed by atoms with Crippen LogP contribution >= 0.6 is 0 Å². The molecule has 0 unspecified atom stereocenters. The number of hydrogen-bond acceptors (Lipinski definition) is 3. The molecule has 2 aromatic heterocycles. The molecule has 0 radical (unpaired) electrons. The standard InChI is InChI=1S/C14H21N5O/c1-9-7-13(16-18(9)5)14(20)17(4)8-12-10(2)15-19(6)11(12)3/h7H,8H2,1-6H3. The molecule has 2 aromatic rings. The third kappa shape index (κ3) is 2.45. The molecule has 2 heterocycles. The van der Waals surface area contributed by atoms with Gasteiger partial charge in [0.15, 0.2) is 5.69 Å². The Balaban J connectivity index is 2.19. The number of amides is 1. The summed E-state index contributed by atoms with van der Waals surface area (Å²) in [4.78, 5) is 14.0. The van der Waals surface area contributed by atoms with E-state index >= 15 is 0 Å². The van der Waals surface area contributed by atoms with Crippen molar-refractivity contribution in [3.63, 3.8) is 0 Å². The van der Waals surface area contributed by atoms with Crippen molar-refractivity contribution < 1.29 is 4.79 Å². The molecule has 0 spiro atoms. The van der Waals surface area contributed by atoms with Crippen LogP contribution in [0.15, 0.2) is 6.07 Å². The van der Waals surface area contributed by atoms with Gasteiger partial charge in [0, 0.05) is 44.6 Å². The Hall–Kier alpha value is -2.11. The fraction of sp³-hybridized carbons (Fsp3) is 0.500. The number of carbonyl (C=O) groups excluding carboxylic acids is 1. The van der Waals surface area contributed by atoms with Crippen LogP contribution < -0.4 is 0 Å². The summed E-state index contributed by atoms with van der Waals surface area (Å²) in [5.41, 5.74) is 4.58. The average Bonchev–Trinajstić information content (AvgIpc) is 2.83. The summed E-state index contributed by atoms with van der Waals surface area (Å²) in [5.74, 6) is -0.0728. The summed E-state index contributed by atoms with van der Waals surface area (Å²) in [6, 6.07) is 1.81. The number of carbonyl (C=O) groups is 1. The van der Waals surface area contributed by atoms with Crippen molar-refractivity contribution in [2.24, 2.45) is 14.1 Å². The lowest BCUT2D eigenvalue weighted by Crippen LogP contribution is -2.27. The molecule has 20 heavy (non-hydrogen) atoms. The Morgan fingerprint density at radius 3 is 2.30 bits per heavy atom. The molecule has 0 aliphatic rings. The first-order chi connectivity index (χ1) is 9.31. The Morgan fingerprint density at radius 2 is 1.85 bits per heavy atom. The maximum atomic E-state index is 12.4. The van der Waals surface area contributed by atoms with Crippen molar-refractivity contribution in [3.8, 4) is 0 Å². The molecule has 0 aliphatic heterocycles. The molecule has 2 rings (SSSR count). The van der Waals surface area contributed by atoms with Gasteiger partial charge in [-0.1, -0.05) is 0 Å². The van der Waals surface area contributed by atoms with Crippen LogP contribution in [0.2, 0.25) is 0 Å². The minimum absolute atomic E-state index is 0.0728. The molecule has 0 N–H and O–H groups in total. The van der Waals surface area contributed by atoms with Gasteiger partial charge in [-0.2, -0.15) is 10.2 Å². The highest BCUT2D eigenvalue weighted by molar-refractivity contribution is 5.92. The molecular weight excluding hydrogens is 254 g/mol.